The summed E-state index contributed by atoms with van der Waals surface area (Å²) in [5.74, 6) is 0.754. The van der Waals surface area contributed by atoms with Gasteiger partial charge in [0, 0.05) is 32.6 Å². The predicted molar refractivity (Wildman–Crippen MR) is 123 cm³/mol. The van der Waals surface area contributed by atoms with Gasteiger partial charge in [-0.15, -0.1) is 0 Å². The first-order chi connectivity index (χ1) is 15.0. The molecule has 2 heterocycles. The van der Waals surface area contributed by atoms with Crippen molar-refractivity contribution in [1.82, 2.24) is 9.88 Å². The van der Waals surface area contributed by atoms with Crippen LogP contribution in [-0.2, 0) is 14.6 Å². The number of hydrogen-bond donors (Lipinski definition) is 0. The molecule has 0 atom stereocenters. The van der Waals surface area contributed by atoms with Crippen LogP contribution in [-0.4, -0.2) is 63.3 Å². The number of carbonyl (C=O) groups is 1. The Bertz CT molecular complexity index is 1150. The second-order valence-electron chi connectivity index (χ2n) is 7.41. The summed E-state index contributed by atoms with van der Waals surface area (Å²) in [6, 6.07) is 14.3. The smallest absolute Gasteiger partial charge is 0.222 e. The molecule has 0 N–H and O–H groups in total. The molecule has 3 aromatic rings. The summed E-state index contributed by atoms with van der Waals surface area (Å²) < 4.78 is 31.2. The molecule has 1 saturated heterocycles. The SMILES string of the molecule is COc1cccc2sc(N3CCN(C(=O)CCCS(=O)(=O)c4ccccc4)CC3)nc12. The highest BCUT2D eigenvalue weighted by Crippen LogP contribution is 2.34. The summed E-state index contributed by atoms with van der Waals surface area (Å²) in [7, 11) is -1.70. The zero-order valence-electron chi connectivity index (χ0n) is 17.4. The zero-order chi connectivity index (χ0) is 21.8. The van der Waals surface area contributed by atoms with Crippen molar-refractivity contribution in [2.24, 2.45) is 0 Å². The number of aromatic nitrogens is 1. The Labute approximate surface area is 186 Å². The van der Waals surface area contributed by atoms with Crippen molar-refractivity contribution in [3.63, 3.8) is 0 Å². The van der Waals surface area contributed by atoms with E-state index < -0.39 is 9.84 Å². The zero-order valence-corrected chi connectivity index (χ0v) is 19.0. The number of piperazine rings is 1. The first-order valence-corrected chi connectivity index (χ1v) is 12.7. The first-order valence-electron chi connectivity index (χ1n) is 10.2. The fourth-order valence-corrected chi connectivity index (χ4v) is 6.04. The van der Waals surface area contributed by atoms with Gasteiger partial charge in [0.1, 0.15) is 11.3 Å². The van der Waals surface area contributed by atoms with Gasteiger partial charge in [0.05, 0.1) is 22.5 Å². The van der Waals surface area contributed by atoms with Gasteiger partial charge in [-0.1, -0.05) is 35.6 Å². The second-order valence-corrected chi connectivity index (χ2v) is 10.5. The lowest BCUT2D eigenvalue weighted by Gasteiger charge is -2.34. The highest BCUT2D eigenvalue weighted by atomic mass is 32.2. The summed E-state index contributed by atoms with van der Waals surface area (Å²) in [4.78, 5) is 21.6. The number of nitrogens with zero attached hydrogens (tertiary/aromatic N) is 3. The van der Waals surface area contributed by atoms with Gasteiger partial charge < -0.3 is 14.5 Å². The molecule has 1 aromatic heterocycles. The largest absolute Gasteiger partial charge is 0.494 e. The molecule has 1 amide bonds. The topological polar surface area (TPSA) is 79.8 Å². The maximum Gasteiger partial charge on any atom is 0.222 e. The van der Waals surface area contributed by atoms with E-state index in [-0.39, 0.29) is 18.1 Å². The number of ether oxygens (including phenoxy) is 1. The number of fused-ring (bicyclic) bond motifs is 1. The molecular weight excluding hydrogens is 434 g/mol. The molecule has 0 saturated carbocycles. The number of carbonyl (C=O) groups excluding carboxylic acids is 1. The lowest BCUT2D eigenvalue weighted by Crippen LogP contribution is -2.48. The Morgan fingerprint density at radius 1 is 1.06 bits per heavy atom. The van der Waals surface area contributed by atoms with Crippen LogP contribution in [0, 0.1) is 0 Å². The molecule has 1 fully saturated rings. The monoisotopic (exact) mass is 459 g/mol. The van der Waals surface area contributed by atoms with E-state index in [1.165, 1.54) is 0 Å². The summed E-state index contributed by atoms with van der Waals surface area (Å²) in [5, 5.41) is 0.931. The number of benzene rings is 2. The van der Waals surface area contributed by atoms with E-state index in [4.69, 9.17) is 9.72 Å². The molecule has 0 aliphatic carbocycles. The van der Waals surface area contributed by atoms with Crippen LogP contribution in [0.15, 0.2) is 53.4 Å². The van der Waals surface area contributed by atoms with Crippen LogP contribution in [0.1, 0.15) is 12.8 Å². The molecule has 164 valence electrons. The number of thiazole rings is 1. The van der Waals surface area contributed by atoms with Gasteiger partial charge in [0.25, 0.3) is 0 Å². The predicted octanol–water partition coefficient (Wildman–Crippen LogP) is 3.21. The van der Waals surface area contributed by atoms with Gasteiger partial charge in [-0.3, -0.25) is 4.79 Å². The van der Waals surface area contributed by atoms with Gasteiger partial charge in [0.2, 0.25) is 5.91 Å². The Morgan fingerprint density at radius 2 is 1.81 bits per heavy atom. The average Bonchev–Trinajstić information content (AvgIpc) is 3.24. The molecule has 9 heteroatoms. The normalized spacial score (nSPS) is 14.7. The van der Waals surface area contributed by atoms with Crippen molar-refractivity contribution in [1.29, 1.82) is 0 Å². The third-order valence-corrected chi connectivity index (χ3v) is 8.30. The van der Waals surface area contributed by atoms with E-state index in [0.29, 0.717) is 37.5 Å². The number of rotatable bonds is 7. The van der Waals surface area contributed by atoms with Gasteiger partial charge in [-0.2, -0.15) is 0 Å². The maximum absolute atomic E-state index is 12.6. The molecule has 0 bridgehead atoms. The minimum Gasteiger partial charge on any atom is -0.494 e. The number of amides is 1. The first kappa shape index (κ1) is 21.6. The highest BCUT2D eigenvalue weighted by molar-refractivity contribution is 7.91. The molecule has 31 heavy (non-hydrogen) atoms. The van der Waals surface area contributed by atoms with Crippen LogP contribution >= 0.6 is 11.3 Å². The summed E-state index contributed by atoms with van der Waals surface area (Å²) in [6.07, 6.45) is 0.568. The number of para-hydroxylation sites is 1. The van der Waals surface area contributed by atoms with Crippen LogP contribution < -0.4 is 9.64 Å². The van der Waals surface area contributed by atoms with Gasteiger partial charge in [-0.05, 0) is 30.7 Å². The number of sulfone groups is 1. The van der Waals surface area contributed by atoms with Crippen LogP contribution in [0.5, 0.6) is 5.75 Å². The van der Waals surface area contributed by atoms with E-state index in [1.54, 1.807) is 48.8 Å². The fourth-order valence-electron chi connectivity index (χ4n) is 3.68. The molecule has 0 radical (unpaired) electrons. The van der Waals surface area contributed by atoms with E-state index in [0.717, 1.165) is 21.1 Å². The second kappa shape index (κ2) is 9.23. The van der Waals surface area contributed by atoms with Crippen molar-refractivity contribution < 1.29 is 17.9 Å². The van der Waals surface area contributed by atoms with Crippen molar-refractivity contribution >= 4 is 42.4 Å². The number of hydrogen-bond acceptors (Lipinski definition) is 7. The van der Waals surface area contributed by atoms with Gasteiger partial charge >= 0.3 is 0 Å². The molecule has 0 spiro atoms. The molecule has 1 aliphatic heterocycles. The van der Waals surface area contributed by atoms with E-state index >= 15 is 0 Å². The van der Waals surface area contributed by atoms with Crippen LogP contribution in [0.25, 0.3) is 10.2 Å². The standard InChI is InChI=1S/C22H25N3O4S2/c1-29-18-9-5-10-19-21(18)23-22(30-19)25-14-12-24(13-15-25)20(26)11-6-16-31(27,28)17-7-3-2-4-8-17/h2-5,7-10H,6,11-16H2,1H3. The lowest BCUT2D eigenvalue weighted by atomic mass is 10.2. The maximum atomic E-state index is 12.6. The molecule has 1 aliphatic rings. The van der Waals surface area contributed by atoms with E-state index in [1.807, 2.05) is 23.1 Å². The number of anilines is 1. The Kier molecular flexibility index (Phi) is 6.43. The van der Waals surface area contributed by atoms with Crippen molar-refractivity contribution in [2.45, 2.75) is 17.7 Å². The quantitative estimate of drug-likeness (QED) is 0.540. The summed E-state index contributed by atoms with van der Waals surface area (Å²) in [6.45, 7) is 2.63. The van der Waals surface area contributed by atoms with Gasteiger partial charge in [-0.25, -0.2) is 13.4 Å². The molecule has 4 rings (SSSR count). The Morgan fingerprint density at radius 3 is 2.52 bits per heavy atom. The Hall–Kier alpha value is -2.65. The van der Waals surface area contributed by atoms with Crippen molar-refractivity contribution in [3.8, 4) is 5.75 Å². The molecule has 0 unspecified atom stereocenters. The number of methoxy groups -OCH3 is 1. The third-order valence-electron chi connectivity index (χ3n) is 5.40. The van der Waals surface area contributed by atoms with Crippen LogP contribution in [0.3, 0.4) is 0 Å². The van der Waals surface area contributed by atoms with Crippen LogP contribution in [0.2, 0.25) is 0 Å². The average molecular weight is 460 g/mol. The molecule has 2 aromatic carbocycles. The fraction of sp³-hybridized carbons (Fsp3) is 0.364. The summed E-state index contributed by atoms with van der Waals surface area (Å²) >= 11 is 1.62. The molecule has 7 nitrogen and oxygen atoms in total. The lowest BCUT2D eigenvalue weighted by molar-refractivity contribution is -0.131. The third kappa shape index (κ3) is 4.83. The molecular formula is C22H25N3O4S2. The highest BCUT2D eigenvalue weighted by Gasteiger charge is 2.24. The summed E-state index contributed by atoms with van der Waals surface area (Å²) in [5.41, 5.74) is 0.864. The van der Waals surface area contributed by atoms with E-state index in [2.05, 4.69) is 4.90 Å². The van der Waals surface area contributed by atoms with Crippen molar-refractivity contribution in [2.75, 3.05) is 43.9 Å². The van der Waals surface area contributed by atoms with Gasteiger partial charge in [0.15, 0.2) is 15.0 Å². The minimum absolute atomic E-state index is 0.00822. The minimum atomic E-state index is -3.35. The van der Waals surface area contributed by atoms with E-state index in [9.17, 15) is 13.2 Å². The van der Waals surface area contributed by atoms with Crippen molar-refractivity contribution in [3.05, 3.63) is 48.5 Å². The van der Waals surface area contributed by atoms with Crippen LogP contribution in [0.4, 0.5) is 5.13 Å². The Balaban J connectivity index is 1.29.